The van der Waals surface area contributed by atoms with Crippen LogP contribution in [0, 0.1) is 0 Å². The first-order chi connectivity index (χ1) is 4.36. The Labute approximate surface area is 52.7 Å². The van der Waals surface area contributed by atoms with Crippen LogP contribution in [0.5, 0.6) is 0 Å². The van der Waals surface area contributed by atoms with Crippen LogP contribution in [0.25, 0.3) is 0 Å². The number of rotatable bonds is 2. The molecule has 1 rings (SSSR count). The van der Waals surface area contributed by atoms with E-state index in [1.165, 1.54) is 0 Å². The van der Waals surface area contributed by atoms with E-state index in [0.29, 0.717) is 12.1 Å². The minimum absolute atomic E-state index is 0.0347. The average molecular weight is 131 g/mol. The van der Waals surface area contributed by atoms with Crippen LogP contribution in [-0.4, -0.2) is 35.2 Å². The van der Waals surface area contributed by atoms with Gasteiger partial charge in [-0.25, -0.2) is 0 Å². The molecule has 1 aliphatic rings. The molecule has 0 fully saturated rings. The van der Waals surface area contributed by atoms with Gasteiger partial charge in [-0.05, 0) is 0 Å². The molecular formula is C5H9NO3. The van der Waals surface area contributed by atoms with Gasteiger partial charge in [-0.2, -0.15) is 0 Å². The van der Waals surface area contributed by atoms with Gasteiger partial charge in [-0.1, -0.05) is 5.16 Å². The van der Waals surface area contributed by atoms with Gasteiger partial charge in [0, 0.05) is 6.42 Å². The summed E-state index contributed by atoms with van der Waals surface area (Å²) in [5.74, 6) is 0. The lowest BCUT2D eigenvalue weighted by atomic mass is 10.2. The van der Waals surface area contributed by atoms with Crippen LogP contribution in [0.4, 0.5) is 0 Å². The van der Waals surface area contributed by atoms with E-state index in [9.17, 15) is 0 Å². The number of aliphatic hydroxyl groups is 2. The van der Waals surface area contributed by atoms with Gasteiger partial charge in [0.15, 0.2) is 6.10 Å². The fourth-order valence-corrected chi connectivity index (χ4v) is 0.678. The molecule has 0 aromatic carbocycles. The summed E-state index contributed by atoms with van der Waals surface area (Å²) >= 11 is 0. The zero-order valence-electron chi connectivity index (χ0n) is 4.95. The Balaban J connectivity index is 2.31. The van der Waals surface area contributed by atoms with Gasteiger partial charge >= 0.3 is 0 Å². The molecule has 0 radical (unpaired) electrons. The van der Waals surface area contributed by atoms with E-state index < -0.39 is 0 Å². The van der Waals surface area contributed by atoms with Crippen molar-refractivity contribution < 1.29 is 15.1 Å². The summed E-state index contributed by atoms with van der Waals surface area (Å²) in [4.78, 5) is 4.68. The van der Waals surface area contributed by atoms with Crippen LogP contribution >= 0.6 is 0 Å². The first-order valence-corrected chi connectivity index (χ1v) is 2.80. The second-order valence-electron chi connectivity index (χ2n) is 1.93. The molecule has 52 valence electrons. The highest BCUT2D eigenvalue weighted by molar-refractivity contribution is 5.86. The number of aliphatic hydroxyl groups excluding tert-OH is 2. The van der Waals surface area contributed by atoms with E-state index in [-0.39, 0.29) is 19.3 Å². The Kier molecular flexibility index (Phi) is 2.02. The fourth-order valence-electron chi connectivity index (χ4n) is 0.678. The smallest absolute Gasteiger partial charge is 0.155 e. The van der Waals surface area contributed by atoms with Crippen LogP contribution in [0.1, 0.15) is 6.42 Å². The first kappa shape index (κ1) is 6.51. The van der Waals surface area contributed by atoms with Crippen LogP contribution in [0.2, 0.25) is 0 Å². The number of oxime groups is 1. The molecule has 1 atom stereocenters. The SMILES string of the molecule is OCC1=NO[C@H](CO)C1. The Hall–Kier alpha value is -0.610. The van der Waals surface area contributed by atoms with Crippen LogP contribution in [0.3, 0.4) is 0 Å². The highest BCUT2D eigenvalue weighted by atomic mass is 16.6. The van der Waals surface area contributed by atoms with Crippen molar-refractivity contribution in [3.05, 3.63) is 0 Å². The molecule has 0 saturated heterocycles. The molecule has 0 aromatic heterocycles. The summed E-state index contributed by atoms with van der Waals surface area (Å²) in [6.07, 6.45) is 0.319. The van der Waals surface area contributed by atoms with E-state index >= 15 is 0 Å². The molecule has 1 aliphatic heterocycles. The third kappa shape index (κ3) is 1.40. The largest absolute Gasteiger partial charge is 0.392 e. The van der Waals surface area contributed by atoms with Crippen molar-refractivity contribution in [1.29, 1.82) is 0 Å². The summed E-state index contributed by atoms with van der Waals surface area (Å²) in [6, 6.07) is 0. The number of hydrogen-bond acceptors (Lipinski definition) is 4. The average Bonchev–Trinajstić information content (AvgIpc) is 2.34. The molecular weight excluding hydrogens is 122 g/mol. The molecule has 2 N–H and O–H groups in total. The van der Waals surface area contributed by atoms with Gasteiger partial charge in [0.05, 0.1) is 18.9 Å². The molecule has 0 aromatic rings. The van der Waals surface area contributed by atoms with Gasteiger partial charge in [0.25, 0.3) is 0 Å². The molecule has 1 heterocycles. The summed E-state index contributed by atoms with van der Waals surface area (Å²) in [6.45, 7) is -0.108. The maximum absolute atomic E-state index is 8.50. The molecule has 9 heavy (non-hydrogen) atoms. The molecule has 4 heteroatoms. The first-order valence-electron chi connectivity index (χ1n) is 2.80. The van der Waals surface area contributed by atoms with Crippen molar-refractivity contribution in [3.8, 4) is 0 Å². The third-order valence-electron chi connectivity index (χ3n) is 1.18. The van der Waals surface area contributed by atoms with Gasteiger partial charge in [0.2, 0.25) is 0 Å². The molecule has 0 amide bonds. The third-order valence-corrected chi connectivity index (χ3v) is 1.18. The summed E-state index contributed by atoms with van der Waals surface area (Å²) in [5, 5.41) is 20.5. The van der Waals surface area contributed by atoms with E-state index in [4.69, 9.17) is 10.2 Å². The monoisotopic (exact) mass is 131 g/mol. The molecule has 0 unspecified atom stereocenters. The van der Waals surface area contributed by atoms with Crippen molar-refractivity contribution >= 4 is 5.71 Å². The maximum Gasteiger partial charge on any atom is 0.155 e. The Bertz CT molecular complexity index is 123. The number of nitrogens with zero attached hydrogens (tertiary/aromatic N) is 1. The van der Waals surface area contributed by atoms with Crippen LogP contribution in [0.15, 0.2) is 5.16 Å². The minimum atomic E-state index is -0.229. The van der Waals surface area contributed by atoms with Crippen molar-refractivity contribution in [1.82, 2.24) is 0 Å². The Morgan fingerprint density at radius 1 is 1.67 bits per heavy atom. The van der Waals surface area contributed by atoms with Crippen molar-refractivity contribution in [2.24, 2.45) is 5.16 Å². The highest BCUT2D eigenvalue weighted by Crippen LogP contribution is 2.08. The second-order valence-corrected chi connectivity index (χ2v) is 1.93. The Morgan fingerprint density at radius 2 is 2.44 bits per heavy atom. The fraction of sp³-hybridized carbons (Fsp3) is 0.800. The lowest BCUT2D eigenvalue weighted by Gasteiger charge is -1.99. The van der Waals surface area contributed by atoms with Crippen LogP contribution < -0.4 is 0 Å². The summed E-state index contributed by atoms with van der Waals surface area (Å²) in [5.41, 5.74) is 0.606. The normalized spacial score (nSPS) is 25.6. The zero-order valence-corrected chi connectivity index (χ0v) is 4.95. The standard InChI is InChI=1S/C5H9NO3/c7-2-4-1-5(3-8)9-6-4/h5,7-8H,1-3H2/t5-/m0/s1. The zero-order chi connectivity index (χ0) is 6.69. The minimum Gasteiger partial charge on any atom is -0.392 e. The van der Waals surface area contributed by atoms with Gasteiger partial charge in [-0.3, -0.25) is 0 Å². The van der Waals surface area contributed by atoms with E-state index in [2.05, 4.69) is 9.99 Å². The summed E-state index contributed by atoms with van der Waals surface area (Å²) < 4.78 is 0. The highest BCUT2D eigenvalue weighted by Gasteiger charge is 2.18. The van der Waals surface area contributed by atoms with Gasteiger partial charge in [-0.15, -0.1) is 0 Å². The topological polar surface area (TPSA) is 62.1 Å². The van der Waals surface area contributed by atoms with E-state index in [1.807, 2.05) is 0 Å². The van der Waals surface area contributed by atoms with Gasteiger partial charge in [0.1, 0.15) is 0 Å². The maximum atomic E-state index is 8.50. The van der Waals surface area contributed by atoms with Crippen LogP contribution in [-0.2, 0) is 4.84 Å². The Morgan fingerprint density at radius 3 is 2.78 bits per heavy atom. The number of hydrogen-bond donors (Lipinski definition) is 2. The van der Waals surface area contributed by atoms with E-state index in [1.54, 1.807) is 0 Å². The molecule has 0 spiro atoms. The lowest BCUT2D eigenvalue weighted by Crippen LogP contribution is -2.13. The second kappa shape index (κ2) is 2.80. The van der Waals surface area contributed by atoms with Crippen molar-refractivity contribution in [2.45, 2.75) is 12.5 Å². The van der Waals surface area contributed by atoms with Crippen molar-refractivity contribution in [2.75, 3.05) is 13.2 Å². The van der Waals surface area contributed by atoms with E-state index in [0.717, 1.165) is 0 Å². The molecule has 4 nitrogen and oxygen atoms in total. The molecule has 0 bridgehead atoms. The predicted octanol–water partition coefficient (Wildman–Crippen LogP) is -0.884. The lowest BCUT2D eigenvalue weighted by molar-refractivity contribution is 0.0390. The quantitative estimate of drug-likeness (QED) is 0.511. The predicted molar refractivity (Wildman–Crippen MR) is 31.1 cm³/mol. The summed E-state index contributed by atoms with van der Waals surface area (Å²) in [7, 11) is 0. The molecule has 0 aliphatic carbocycles. The van der Waals surface area contributed by atoms with Crippen molar-refractivity contribution in [3.63, 3.8) is 0 Å². The molecule has 0 saturated carbocycles. The van der Waals surface area contributed by atoms with Gasteiger partial charge < -0.3 is 15.1 Å².